The Labute approximate surface area is 205 Å². The number of rotatable bonds is 13. The van der Waals surface area contributed by atoms with Gasteiger partial charge >= 0.3 is 0 Å². The van der Waals surface area contributed by atoms with Crippen molar-refractivity contribution in [3.8, 4) is 0 Å². The van der Waals surface area contributed by atoms with Gasteiger partial charge in [-0.05, 0) is 32.2 Å². The second kappa shape index (κ2) is 15.2. The number of halogens is 1. The molecule has 186 valence electrons. The van der Waals surface area contributed by atoms with Gasteiger partial charge in [-0.25, -0.2) is 5.48 Å². The van der Waals surface area contributed by atoms with Gasteiger partial charge in [0.15, 0.2) is 0 Å². The van der Waals surface area contributed by atoms with Gasteiger partial charge < -0.3 is 21.7 Å². The first kappa shape index (κ1) is 29.3. The number of hydrogen-bond donors (Lipinski definition) is 5. The Morgan fingerprint density at radius 3 is 2.44 bits per heavy atom. The van der Waals surface area contributed by atoms with Gasteiger partial charge in [0.1, 0.15) is 6.04 Å². The van der Waals surface area contributed by atoms with E-state index in [0.29, 0.717) is 45.3 Å². The molecule has 9 nitrogen and oxygen atoms in total. The van der Waals surface area contributed by atoms with Crippen molar-refractivity contribution in [1.29, 1.82) is 0 Å². The molecular weight excluding hydrogens is 474 g/mol. The number of carbonyl (C=O) groups is 3. The van der Waals surface area contributed by atoms with Gasteiger partial charge in [-0.3, -0.25) is 19.6 Å². The average Bonchev–Trinajstić information content (AvgIpc) is 3.39. The molecule has 0 unspecified atom stereocenters. The van der Waals surface area contributed by atoms with Crippen molar-refractivity contribution in [2.24, 2.45) is 11.5 Å². The van der Waals surface area contributed by atoms with Gasteiger partial charge in [-0.15, -0.1) is 35.9 Å². The van der Waals surface area contributed by atoms with Crippen LogP contribution < -0.4 is 22.3 Å². The second-order valence-corrected chi connectivity index (χ2v) is 11.4. The minimum Gasteiger partial charge on any atom is -0.354 e. The topological polar surface area (TPSA) is 151 Å². The zero-order chi connectivity index (χ0) is 22.7. The molecule has 2 atom stereocenters. The number of nitrogens with two attached hydrogens (primary N) is 2. The number of nitrogens with zero attached hydrogens (tertiary/aromatic N) is 1. The number of thioether (sulfide) groups is 2. The lowest BCUT2D eigenvalue weighted by molar-refractivity contribution is -0.139. The molecular formula is C20H38ClN5O4S2. The van der Waals surface area contributed by atoms with Crippen LogP contribution in [0.15, 0.2) is 0 Å². The van der Waals surface area contributed by atoms with Crippen molar-refractivity contribution in [1.82, 2.24) is 15.7 Å². The third-order valence-electron chi connectivity index (χ3n) is 5.73. The van der Waals surface area contributed by atoms with Crippen LogP contribution in [-0.4, -0.2) is 75.1 Å². The van der Waals surface area contributed by atoms with Crippen LogP contribution in [0.25, 0.3) is 0 Å². The van der Waals surface area contributed by atoms with Gasteiger partial charge in [-0.1, -0.05) is 19.3 Å². The van der Waals surface area contributed by atoms with E-state index >= 15 is 0 Å². The van der Waals surface area contributed by atoms with E-state index in [2.05, 4.69) is 5.32 Å². The van der Waals surface area contributed by atoms with Gasteiger partial charge in [-0.2, -0.15) is 0 Å². The lowest BCUT2D eigenvalue weighted by Crippen LogP contribution is -2.51. The van der Waals surface area contributed by atoms with E-state index < -0.39 is 12.1 Å². The molecule has 7 N–H and O–H groups in total. The molecule has 0 bridgehead atoms. The Hall–Kier alpha value is -0.720. The number of hydroxylamine groups is 1. The monoisotopic (exact) mass is 511 g/mol. The molecule has 2 saturated heterocycles. The highest BCUT2D eigenvalue weighted by atomic mass is 35.5. The van der Waals surface area contributed by atoms with Gasteiger partial charge in [0, 0.05) is 37.4 Å². The van der Waals surface area contributed by atoms with Gasteiger partial charge in [0.2, 0.25) is 17.7 Å². The minimum atomic E-state index is -0.593. The van der Waals surface area contributed by atoms with Crippen molar-refractivity contribution < 1.29 is 19.6 Å². The molecule has 0 saturated carbocycles. The molecule has 0 aromatic heterocycles. The van der Waals surface area contributed by atoms with E-state index in [9.17, 15) is 14.4 Å². The van der Waals surface area contributed by atoms with E-state index in [1.54, 1.807) is 10.4 Å². The summed E-state index contributed by atoms with van der Waals surface area (Å²) in [7, 11) is 0. The molecule has 12 heteroatoms. The Morgan fingerprint density at radius 2 is 1.78 bits per heavy atom. The van der Waals surface area contributed by atoms with Crippen LogP contribution in [0.3, 0.4) is 0 Å². The van der Waals surface area contributed by atoms with Crippen LogP contribution in [0.2, 0.25) is 0 Å². The summed E-state index contributed by atoms with van der Waals surface area (Å²) in [4.78, 5) is 38.7. The first-order valence-electron chi connectivity index (χ1n) is 11.2. The molecule has 1 spiro atoms. The molecule has 0 radical (unpaired) electrons. The van der Waals surface area contributed by atoms with Gasteiger partial charge in [0.05, 0.1) is 10.1 Å². The van der Waals surface area contributed by atoms with E-state index in [1.807, 2.05) is 23.5 Å². The fourth-order valence-electron chi connectivity index (χ4n) is 4.01. The van der Waals surface area contributed by atoms with Crippen LogP contribution in [0.4, 0.5) is 0 Å². The highest BCUT2D eigenvalue weighted by Gasteiger charge is 2.51. The van der Waals surface area contributed by atoms with E-state index in [0.717, 1.165) is 43.6 Å². The molecule has 0 aromatic carbocycles. The summed E-state index contributed by atoms with van der Waals surface area (Å²) < 4.78 is -0.0953. The lowest BCUT2D eigenvalue weighted by Gasteiger charge is -2.27. The predicted octanol–water partition coefficient (Wildman–Crippen LogP) is 1.21. The standard InChI is InChI=1S/C20H37N5O4S2.ClH/c21-9-5-4-7-15(22)19(28)25-14-20(30-11-12-31-20)13-16(25)18(27)23-10-6-2-1-3-8-17(26)24-29;/h15-16,29H,1-14,21-22H2,(H,23,27)(H,24,26);1H/t15-,16-;/m0./s1. The lowest BCUT2D eigenvalue weighted by atomic mass is 10.1. The van der Waals surface area contributed by atoms with Gasteiger partial charge in [0.25, 0.3) is 0 Å². The highest BCUT2D eigenvalue weighted by Crippen LogP contribution is 2.51. The maximum Gasteiger partial charge on any atom is 0.243 e. The van der Waals surface area contributed by atoms with Crippen LogP contribution in [0.1, 0.15) is 57.8 Å². The molecule has 0 aliphatic carbocycles. The number of nitrogens with one attached hydrogen (secondary N) is 2. The highest BCUT2D eigenvalue weighted by molar-refractivity contribution is 8.21. The van der Waals surface area contributed by atoms with Crippen LogP contribution >= 0.6 is 35.9 Å². The molecule has 3 amide bonds. The summed E-state index contributed by atoms with van der Waals surface area (Å²) in [5, 5.41) is 11.5. The smallest absolute Gasteiger partial charge is 0.243 e. The number of unbranched alkanes of at least 4 members (excludes halogenated alkanes) is 4. The summed E-state index contributed by atoms with van der Waals surface area (Å²) in [6, 6.07) is -1.07. The zero-order valence-corrected chi connectivity index (χ0v) is 21.0. The predicted molar refractivity (Wildman–Crippen MR) is 132 cm³/mol. The molecule has 2 rings (SSSR count). The van der Waals surface area contributed by atoms with Crippen molar-refractivity contribution >= 4 is 53.7 Å². The van der Waals surface area contributed by atoms with E-state index in [1.165, 1.54) is 0 Å². The number of likely N-dealkylation sites (tertiary alicyclic amines) is 1. The average molecular weight is 512 g/mol. The first-order chi connectivity index (χ1) is 14.9. The summed E-state index contributed by atoms with van der Waals surface area (Å²) in [6.45, 7) is 1.69. The maximum atomic E-state index is 13.0. The number of carbonyl (C=O) groups excluding carboxylic acids is 3. The third kappa shape index (κ3) is 8.90. The number of amides is 3. The van der Waals surface area contributed by atoms with Crippen LogP contribution in [0.5, 0.6) is 0 Å². The molecule has 2 fully saturated rings. The largest absolute Gasteiger partial charge is 0.354 e. The Bertz CT molecular complexity index is 611. The summed E-state index contributed by atoms with van der Waals surface area (Å²) >= 11 is 3.70. The molecule has 2 aliphatic rings. The normalized spacial score (nSPS) is 20.1. The van der Waals surface area contributed by atoms with Crippen molar-refractivity contribution in [2.45, 2.75) is 74.0 Å². The first-order valence-corrected chi connectivity index (χ1v) is 13.1. The molecule has 2 heterocycles. The molecule has 2 aliphatic heterocycles. The Balaban J connectivity index is 0.00000512. The zero-order valence-electron chi connectivity index (χ0n) is 18.6. The Kier molecular flexibility index (Phi) is 14.0. The fourth-order valence-corrected chi connectivity index (χ4v) is 7.26. The van der Waals surface area contributed by atoms with Crippen molar-refractivity contribution in [3.05, 3.63) is 0 Å². The molecule has 32 heavy (non-hydrogen) atoms. The van der Waals surface area contributed by atoms with Crippen molar-refractivity contribution in [3.63, 3.8) is 0 Å². The Morgan fingerprint density at radius 1 is 1.09 bits per heavy atom. The maximum absolute atomic E-state index is 13.0. The SMILES string of the molecule is Cl.NCCCC[C@H](N)C(=O)N1CC2(C[C@H]1C(=O)NCCCCCCC(=O)NO)SCCS2. The third-order valence-corrected chi connectivity index (χ3v) is 9.16. The van der Waals surface area contributed by atoms with Crippen LogP contribution in [0, 0.1) is 0 Å². The second-order valence-electron chi connectivity index (χ2n) is 8.17. The quantitative estimate of drug-likeness (QED) is 0.141. The van der Waals surface area contributed by atoms with E-state index in [4.69, 9.17) is 16.7 Å². The number of hydrogen-bond acceptors (Lipinski definition) is 8. The summed E-state index contributed by atoms with van der Waals surface area (Å²) in [5.74, 6) is 1.46. The van der Waals surface area contributed by atoms with Crippen LogP contribution in [-0.2, 0) is 14.4 Å². The van der Waals surface area contributed by atoms with E-state index in [-0.39, 0.29) is 34.2 Å². The minimum absolute atomic E-state index is 0. The fraction of sp³-hybridized carbons (Fsp3) is 0.850. The summed E-state index contributed by atoms with van der Waals surface area (Å²) in [5.41, 5.74) is 13.3. The van der Waals surface area contributed by atoms with Crippen molar-refractivity contribution in [2.75, 3.05) is 31.1 Å². The summed E-state index contributed by atoms with van der Waals surface area (Å²) in [6.07, 6.45) is 6.43. The molecule has 0 aromatic rings.